The van der Waals surface area contributed by atoms with Gasteiger partial charge in [0.25, 0.3) is 5.91 Å². The molecular weight excluding hydrogens is 254 g/mol. The van der Waals surface area contributed by atoms with Gasteiger partial charge in [0.05, 0.1) is 6.54 Å². The molecule has 1 aromatic rings. The summed E-state index contributed by atoms with van der Waals surface area (Å²) in [5.41, 5.74) is 7.38. The van der Waals surface area contributed by atoms with E-state index in [4.69, 9.17) is 5.73 Å². The van der Waals surface area contributed by atoms with E-state index < -0.39 is 6.04 Å². The maximum atomic E-state index is 12.2. The van der Waals surface area contributed by atoms with Gasteiger partial charge < -0.3 is 16.4 Å². The normalized spacial score (nSPS) is 11.0. The molecule has 0 saturated carbocycles. The van der Waals surface area contributed by atoms with Crippen molar-refractivity contribution < 1.29 is 9.59 Å². The Hall–Kier alpha value is -2.32. The second-order valence-corrected chi connectivity index (χ2v) is 4.29. The fourth-order valence-corrected chi connectivity index (χ4v) is 1.72. The minimum atomic E-state index is -0.592. The van der Waals surface area contributed by atoms with E-state index >= 15 is 0 Å². The first-order chi connectivity index (χ1) is 9.51. The van der Waals surface area contributed by atoms with E-state index in [1.807, 2.05) is 13.0 Å². The number of nitrogens with one attached hydrogen (secondary N) is 2. The molecule has 0 radical (unpaired) electrons. The summed E-state index contributed by atoms with van der Waals surface area (Å²) in [4.78, 5) is 23.6. The number of carbonyl (C=O) groups excluding carboxylic acids is 2. The highest BCUT2D eigenvalue weighted by Crippen LogP contribution is 2.13. The van der Waals surface area contributed by atoms with Gasteiger partial charge in [0.2, 0.25) is 5.91 Å². The van der Waals surface area contributed by atoms with Crippen LogP contribution < -0.4 is 16.4 Å². The van der Waals surface area contributed by atoms with Gasteiger partial charge in [-0.3, -0.25) is 9.59 Å². The molecule has 1 atom stereocenters. The van der Waals surface area contributed by atoms with Crippen molar-refractivity contribution in [1.82, 2.24) is 10.6 Å². The standard InChI is InChI=1S/C15H19N3O2/c1-10-12(7-5-9-16)6-4-8-13(10)15(20)18-11(2)14(19)17-3/h4,6,8,11H,9,16H2,1-3H3,(H,17,19)(H,18,20). The van der Waals surface area contributed by atoms with Crippen LogP contribution in [0.2, 0.25) is 0 Å². The van der Waals surface area contributed by atoms with E-state index in [1.165, 1.54) is 7.05 Å². The lowest BCUT2D eigenvalue weighted by Crippen LogP contribution is -2.43. The van der Waals surface area contributed by atoms with Gasteiger partial charge in [0.1, 0.15) is 6.04 Å². The molecule has 1 rings (SSSR count). The van der Waals surface area contributed by atoms with Crippen molar-refractivity contribution >= 4 is 11.8 Å². The molecule has 5 heteroatoms. The average Bonchev–Trinajstić information content (AvgIpc) is 2.45. The summed E-state index contributed by atoms with van der Waals surface area (Å²) >= 11 is 0. The summed E-state index contributed by atoms with van der Waals surface area (Å²) in [6.45, 7) is 3.72. The van der Waals surface area contributed by atoms with Crippen molar-refractivity contribution in [2.45, 2.75) is 19.9 Å². The smallest absolute Gasteiger partial charge is 0.252 e. The molecule has 4 N–H and O–H groups in total. The van der Waals surface area contributed by atoms with Gasteiger partial charge in [-0.05, 0) is 31.5 Å². The minimum absolute atomic E-state index is 0.241. The molecule has 0 aromatic heterocycles. The van der Waals surface area contributed by atoms with E-state index in [1.54, 1.807) is 19.1 Å². The molecule has 20 heavy (non-hydrogen) atoms. The van der Waals surface area contributed by atoms with Crippen molar-refractivity contribution in [2.24, 2.45) is 5.73 Å². The Morgan fingerprint density at radius 1 is 1.40 bits per heavy atom. The van der Waals surface area contributed by atoms with E-state index in [9.17, 15) is 9.59 Å². The van der Waals surface area contributed by atoms with Crippen LogP contribution in [-0.2, 0) is 4.79 Å². The second kappa shape index (κ2) is 7.31. The van der Waals surface area contributed by atoms with Crippen LogP contribution in [0.25, 0.3) is 0 Å². The molecule has 0 aliphatic carbocycles. The molecule has 0 spiro atoms. The predicted molar refractivity (Wildman–Crippen MR) is 78.1 cm³/mol. The molecule has 0 saturated heterocycles. The van der Waals surface area contributed by atoms with Crippen LogP contribution in [0.4, 0.5) is 0 Å². The Labute approximate surface area is 118 Å². The first-order valence-electron chi connectivity index (χ1n) is 6.32. The highest BCUT2D eigenvalue weighted by atomic mass is 16.2. The zero-order chi connectivity index (χ0) is 15.1. The molecule has 0 aliphatic rings. The Kier molecular flexibility index (Phi) is 5.75. The second-order valence-electron chi connectivity index (χ2n) is 4.29. The predicted octanol–water partition coefficient (Wildman–Crippen LogP) is 0.170. The number of carbonyl (C=O) groups is 2. The van der Waals surface area contributed by atoms with Gasteiger partial charge >= 0.3 is 0 Å². The topological polar surface area (TPSA) is 84.2 Å². The quantitative estimate of drug-likeness (QED) is 0.686. The number of likely N-dealkylation sites (N-methyl/N-ethyl adjacent to an activating group) is 1. The number of benzene rings is 1. The Morgan fingerprint density at radius 3 is 2.70 bits per heavy atom. The Bertz CT molecular complexity index is 570. The van der Waals surface area contributed by atoms with Gasteiger partial charge in [-0.1, -0.05) is 17.9 Å². The highest BCUT2D eigenvalue weighted by Gasteiger charge is 2.17. The zero-order valence-corrected chi connectivity index (χ0v) is 11.9. The van der Waals surface area contributed by atoms with E-state index in [2.05, 4.69) is 22.5 Å². The van der Waals surface area contributed by atoms with Crippen LogP contribution >= 0.6 is 0 Å². The third kappa shape index (κ3) is 3.84. The van der Waals surface area contributed by atoms with Gasteiger partial charge in [-0.15, -0.1) is 0 Å². The lowest BCUT2D eigenvalue weighted by atomic mass is 10.0. The lowest BCUT2D eigenvalue weighted by Gasteiger charge is -2.14. The van der Waals surface area contributed by atoms with Crippen molar-refractivity contribution in [2.75, 3.05) is 13.6 Å². The minimum Gasteiger partial charge on any atom is -0.357 e. The molecule has 0 bridgehead atoms. The SMILES string of the molecule is CNC(=O)C(C)NC(=O)c1cccc(C#CCN)c1C. The molecule has 0 heterocycles. The average molecular weight is 273 g/mol. The van der Waals surface area contributed by atoms with Crippen molar-refractivity contribution in [3.8, 4) is 11.8 Å². The summed E-state index contributed by atoms with van der Waals surface area (Å²) in [7, 11) is 1.53. The van der Waals surface area contributed by atoms with Gasteiger partial charge in [-0.25, -0.2) is 0 Å². The van der Waals surface area contributed by atoms with Gasteiger partial charge in [0.15, 0.2) is 0 Å². The number of hydrogen-bond donors (Lipinski definition) is 3. The Balaban J connectivity index is 2.97. The maximum Gasteiger partial charge on any atom is 0.252 e. The fraction of sp³-hybridized carbons (Fsp3) is 0.333. The fourth-order valence-electron chi connectivity index (χ4n) is 1.72. The summed E-state index contributed by atoms with van der Waals surface area (Å²) in [5, 5.41) is 5.13. The molecule has 1 aromatic carbocycles. The van der Waals surface area contributed by atoms with Crippen molar-refractivity contribution in [3.63, 3.8) is 0 Å². The van der Waals surface area contributed by atoms with Crippen LogP contribution in [0.3, 0.4) is 0 Å². The third-order valence-corrected chi connectivity index (χ3v) is 2.89. The molecule has 106 valence electrons. The first kappa shape index (κ1) is 15.7. The van der Waals surface area contributed by atoms with E-state index in [0.717, 1.165) is 11.1 Å². The van der Waals surface area contributed by atoms with Gasteiger partial charge in [0, 0.05) is 18.2 Å². The highest BCUT2D eigenvalue weighted by molar-refractivity contribution is 5.98. The number of hydrogen-bond acceptors (Lipinski definition) is 3. The summed E-state index contributed by atoms with van der Waals surface area (Å²) < 4.78 is 0. The van der Waals surface area contributed by atoms with E-state index in [-0.39, 0.29) is 18.4 Å². The molecule has 0 aliphatic heterocycles. The maximum absolute atomic E-state index is 12.2. The van der Waals surface area contributed by atoms with Crippen LogP contribution in [0, 0.1) is 18.8 Å². The van der Waals surface area contributed by atoms with E-state index in [0.29, 0.717) is 5.56 Å². The summed E-state index contributed by atoms with van der Waals surface area (Å²) in [6.07, 6.45) is 0. The number of rotatable bonds is 3. The van der Waals surface area contributed by atoms with Crippen LogP contribution in [0.1, 0.15) is 28.4 Å². The molecule has 5 nitrogen and oxygen atoms in total. The molecule has 2 amide bonds. The summed E-state index contributed by atoms with van der Waals surface area (Å²) in [5.74, 6) is 5.15. The van der Waals surface area contributed by atoms with Crippen LogP contribution in [-0.4, -0.2) is 31.4 Å². The first-order valence-corrected chi connectivity index (χ1v) is 6.32. The Morgan fingerprint density at radius 2 is 2.10 bits per heavy atom. The van der Waals surface area contributed by atoms with Crippen LogP contribution in [0.15, 0.2) is 18.2 Å². The zero-order valence-electron chi connectivity index (χ0n) is 11.9. The monoisotopic (exact) mass is 273 g/mol. The third-order valence-electron chi connectivity index (χ3n) is 2.89. The van der Waals surface area contributed by atoms with Crippen LogP contribution in [0.5, 0.6) is 0 Å². The summed E-state index contributed by atoms with van der Waals surface area (Å²) in [6, 6.07) is 4.70. The number of nitrogens with two attached hydrogens (primary N) is 1. The van der Waals surface area contributed by atoms with Gasteiger partial charge in [-0.2, -0.15) is 0 Å². The molecular formula is C15H19N3O2. The van der Waals surface area contributed by atoms with Crippen molar-refractivity contribution in [1.29, 1.82) is 0 Å². The number of amides is 2. The molecule has 1 unspecified atom stereocenters. The largest absolute Gasteiger partial charge is 0.357 e. The lowest BCUT2D eigenvalue weighted by molar-refractivity contribution is -0.122. The van der Waals surface area contributed by atoms with Crippen molar-refractivity contribution in [3.05, 3.63) is 34.9 Å². The molecule has 0 fully saturated rings.